The van der Waals surface area contributed by atoms with Gasteiger partial charge >= 0.3 is 0 Å². The minimum Gasteiger partial charge on any atom is -0.496 e. The van der Waals surface area contributed by atoms with Crippen LogP contribution in [0.2, 0.25) is 5.02 Å². The van der Waals surface area contributed by atoms with E-state index in [0.29, 0.717) is 26.5 Å². The zero-order valence-corrected chi connectivity index (χ0v) is 16.0. The summed E-state index contributed by atoms with van der Waals surface area (Å²) in [7, 11) is 1.62. The molecule has 0 aliphatic carbocycles. The molecule has 1 saturated heterocycles. The van der Waals surface area contributed by atoms with Crippen LogP contribution in [0.4, 0.5) is 5.69 Å². The molecule has 27 heavy (non-hydrogen) atoms. The number of thioether (sulfide) groups is 1. The van der Waals surface area contributed by atoms with E-state index in [1.807, 2.05) is 54.6 Å². The van der Waals surface area contributed by atoms with Crippen LogP contribution in [0.25, 0.3) is 16.8 Å². The van der Waals surface area contributed by atoms with Gasteiger partial charge in [0.15, 0.2) is 5.17 Å². The van der Waals surface area contributed by atoms with Gasteiger partial charge in [0.2, 0.25) is 0 Å². The van der Waals surface area contributed by atoms with Crippen LogP contribution in [-0.2, 0) is 4.79 Å². The van der Waals surface area contributed by atoms with Gasteiger partial charge in [-0.2, -0.15) is 0 Å². The topological polar surface area (TPSA) is 50.7 Å². The van der Waals surface area contributed by atoms with Gasteiger partial charge in [0, 0.05) is 5.56 Å². The van der Waals surface area contributed by atoms with E-state index in [4.69, 9.17) is 16.3 Å². The Hall–Kier alpha value is -2.76. The van der Waals surface area contributed by atoms with E-state index < -0.39 is 0 Å². The molecule has 1 amide bonds. The number of fused-ring (bicyclic) bond motifs is 1. The van der Waals surface area contributed by atoms with Crippen molar-refractivity contribution in [1.82, 2.24) is 5.32 Å². The number of para-hydroxylation sites is 1. The zero-order chi connectivity index (χ0) is 18.8. The number of methoxy groups -OCH3 is 1. The van der Waals surface area contributed by atoms with Crippen LogP contribution in [0.3, 0.4) is 0 Å². The molecule has 0 bridgehead atoms. The molecular formula is C21H15ClN2O2S. The van der Waals surface area contributed by atoms with Crippen molar-refractivity contribution in [2.24, 2.45) is 4.99 Å². The van der Waals surface area contributed by atoms with Gasteiger partial charge in [0.1, 0.15) is 5.75 Å². The van der Waals surface area contributed by atoms with Crippen molar-refractivity contribution in [3.05, 3.63) is 76.2 Å². The number of halogens is 1. The summed E-state index contributed by atoms with van der Waals surface area (Å²) in [6, 6.07) is 19.2. The van der Waals surface area contributed by atoms with Crippen molar-refractivity contribution in [2.45, 2.75) is 0 Å². The number of carbonyl (C=O) groups is 1. The average Bonchev–Trinajstić information content (AvgIpc) is 3.03. The highest BCUT2D eigenvalue weighted by molar-refractivity contribution is 8.18. The van der Waals surface area contributed by atoms with Gasteiger partial charge in [-0.15, -0.1) is 0 Å². The molecule has 3 aromatic carbocycles. The first-order chi connectivity index (χ1) is 13.2. The Bertz CT molecular complexity index is 1110. The molecule has 0 unspecified atom stereocenters. The number of nitrogens with one attached hydrogen (secondary N) is 1. The molecule has 0 spiro atoms. The molecule has 134 valence electrons. The van der Waals surface area contributed by atoms with Crippen molar-refractivity contribution in [1.29, 1.82) is 0 Å². The molecule has 0 saturated carbocycles. The summed E-state index contributed by atoms with van der Waals surface area (Å²) < 4.78 is 5.50. The second-order valence-corrected chi connectivity index (χ2v) is 7.27. The van der Waals surface area contributed by atoms with Crippen molar-refractivity contribution < 1.29 is 9.53 Å². The maximum Gasteiger partial charge on any atom is 0.264 e. The minimum atomic E-state index is -0.194. The lowest BCUT2D eigenvalue weighted by molar-refractivity contribution is -0.115. The van der Waals surface area contributed by atoms with Gasteiger partial charge in [-0.25, -0.2) is 4.99 Å². The molecule has 0 radical (unpaired) electrons. The Morgan fingerprint density at radius 1 is 1.07 bits per heavy atom. The molecule has 0 atom stereocenters. The first-order valence-electron chi connectivity index (χ1n) is 8.25. The third kappa shape index (κ3) is 3.56. The summed E-state index contributed by atoms with van der Waals surface area (Å²) in [6.45, 7) is 0. The molecule has 0 aromatic heterocycles. The third-order valence-electron chi connectivity index (χ3n) is 4.15. The number of nitrogens with zero attached hydrogens (tertiary/aromatic N) is 1. The summed E-state index contributed by atoms with van der Waals surface area (Å²) in [5, 5.41) is 5.93. The fraction of sp³-hybridized carbons (Fsp3) is 0.0476. The van der Waals surface area contributed by atoms with Crippen molar-refractivity contribution in [3.63, 3.8) is 0 Å². The molecule has 1 N–H and O–H groups in total. The lowest BCUT2D eigenvalue weighted by Gasteiger charge is -2.09. The smallest absolute Gasteiger partial charge is 0.264 e. The highest BCUT2D eigenvalue weighted by atomic mass is 35.5. The number of aliphatic imine (C=N–C) groups is 1. The fourth-order valence-electron chi connectivity index (χ4n) is 2.87. The highest BCUT2D eigenvalue weighted by Crippen LogP contribution is 2.35. The SMILES string of the molecule is COc1ccc2ccccc2c1C=C1SC(=Nc2ccccc2Cl)NC1=O. The highest BCUT2D eigenvalue weighted by Gasteiger charge is 2.25. The first kappa shape index (κ1) is 17.6. The molecule has 1 aliphatic heterocycles. The van der Waals surface area contributed by atoms with Crippen molar-refractivity contribution in [3.8, 4) is 5.75 Å². The predicted molar refractivity (Wildman–Crippen MR) is 113 cm³/mol. The number of amides is 1. The van der Waals surface area contributed by atoms with E-state index in [1.165, 1.54) is 11.8 Å². The van der Waals surface area contributed by atoms with Gasteiger partial charge in [-0.1, -0.05) is 54.1 Å². The second-order valence-electron chi connectivity index (χ2n) is 5.84. The Morgan fingerprint density at radius 2 is 1.85 bits per heavy atom. The van der Waals surface area contributed by atoms with E-state index in [9.17, 15) is 4.79 Å². The summed E-state index contributed by atoms with van der Waals surface area (Å²) >= 11 is 7.43. The van der Waals surface area contributed by atoms with E-state index in [1.54, 1.807) is 19.2 Å². The standard InChI is InChI=1S/C21H15ClN2O2S/c1-26-18-11-10-13-6-2-3-7-14(13)15(18)12-19-20(25)24-21(27-19)23-17-9-5-4-8-16(17)22/h2-12H,1H3,(H,23,24,25). The summed E-state index contributed by atoms with van der Waals surface area (Å²) in [5.41, 5.74) is 1.48. The normalized spacial score (nSPS) is 16.9. The quantitative estimate of drug-likeness (QED) is 0.605. The van der Waals surface area contributed by atoms with Crippen LogP contribution in [0.15, 0.2) is 70.6 Å². The molecule has 4 rings (SSSR count). The first-order valence-corrected chi connectivity index (χ1v) is 9.45. The van der Waals surface area contributed by atoms with E-state index in [-0.39, 0.29) is 5.91 Å². The Kier molecular flexibility index (Phi) is 4.88. The van der Waals surface area contributed by atoms with E-state index in [2.05, 4.69) is 10.3 Å². The van der Waals surface area contributed by atoms with Crippen LogP contribution < -0.4 is 10.1 Å². The molecule has 1 fully saturated rings. The number of hydrogen-bond donors (Lipinski definition) is 1. The predicted octanol–water partition coefficient (Wildman–Crippen LogP) is 5.39. The van der Waals surface area contributed by atoms with Gasteiger partial charge in [0.25, 0.3) is 5.91 Å². The van der Waals surface area contributed by atoms with Crippen molar-refractivity contribution in [2.75, 3.05) is 7.11 Å². The van der Waals surface area contributed by atoms with Crippen molar-refractivity contribution >= 4 is 57.0 Å². The molecule has 4 nitrogen and oxygen atoms in total. The molecular weight excluding hydrogens is 380 g/mol. The number of ether oxygens (including phenoxy) is 1. The number of hydrogen-bond acceptors (Lipinski definition) is 4. The fourth-order valence-corrected chi connectivity index (χ4v) is 3.86. The largest absolute Gasteiger partial charge is 0.496 e. The van der Waals surface area contributed by atoms with Crippen LogP contribution in [-0.4, -0.2) is 18.2 Å². The van der Waals surface area contributed by atoms with E-state index in [0.717, 1.165) is 16.3 Å². The average molecular weight is 395 g/mol. The van der Waals surface area contributed by atoms with Crippen LogP contribution >= 0.6 is 23.4 Å². The minimum absolute atomic E-state index is 0.194. The molecule has 1 aliphatic rings. The molecule has 1 heterocycles. The zero-order valence-electron chi connectivity index (χ0n) is 14.4. The number of carbonyl (C=O) groups excluding carboxylic acids is 1. The van der Waals surface area contributed by atoms with E-state index >= 15 is 0 Å². The second kappa shape index (κ2) is 7.47. The summed E-state index contributed by atoms with van der Waals surface area (Å²) in [4.78, 5) is 17.4. The Labute approximate surface area is 165 Å². The Morgan fingerprint density at radius 3 is 2.67 bits per heavy atom. The van der Waals surface area contributed by atoms with Gasteiger partial charge < -0.3 is 10.1 Å². The Balaban J connectivity index is 1.74. The number of rotatable bonds is 3. The van der Waals surface area contributed by atoms with Crippen LogP contribution in [0.1, 0.15) is 5.56 Å². The summed E-state index contributed by atoms with van der Waals surface area (Å²) in [6.07, 6.45) is 1.84. The molecule has 3 aromatic rings. The molecule has 6 heteroatoms. The lowest BCUT2D eigenvalue weighted by atomic mass is 10.0. The third-order valence-corrected chi connectivity index (χ3v) is 5.38. The van der Waals surface area contributed by atoms with Gasteiger partial charge in [-0.3, -0.25) is 4.79 Å². The monoisotopic (exact) mass is 394 g/mol. The van der Waals surface area contributed by atoms with Gasteiger partial charge in [0.05, 0.1) is 22.7 Å². The van der Waals surface area contributed by atoms with Gasteiger partial charge in [-0.05, 0) is 46.8 Å². The maximum atomic E-state index is 12.4. The van der Waals surface area contributed by atoms with Crippen LogP contribution in [0, 0.1) is 0 Å². The number of amidine groups is 1. The lowest BCUT2D eigenvalue weighted by Crippen LogP contribution is -2.19. The number of benzene rings is 3. The summed E-state index contributed by atoms with van der Waals surface area (Å²) in [5.74, 6) is 0.520. The van der Waals surface area contributed by atoms with Crippen LogP contribution in [0.5, 0.6) is 5.75 Å². The maximum absolute atomic E-state index is 12.4.